The SMILES string of the molecule is C=C(C)CC(C)=C(CC)CCC. The van der Waals surface area contributed by atoms with Crippen molar-refractivity contribution in [2.24, 2.45) is 0 Å². The number of hydrogen-bond donors (Lipinski definition) is 0. The predicted molar refractivity (Wildman–Crippen MR) is 57.3 cm³/mol. The highest BCUT2D eigenvalue weighted by Gasteiger charge is 1.99. The van der Waals surface area contributed by atoms with Gasteiger partial charge in [-0.1, -0.05) is 43.6 Å². The normalized spacial score (nSPS) is 12.7. The zero-order valence-electron chi connectivity index (χ0n) is 9.04. The molecule has 0 saturated carbocycles. The molecule has 0 fully saturated rings. The highest BCUT2D eigenvalue weighted by Crippen LogP contribution is 2.19. The third kappa shape index (κ3) is 4.38. The van der Waals surface area contributed by atoms with Gasteiger partial charge in [0.05, 0.1) is 0 Å². The second kappa shape index (κ2) is 6.05. The van der Waals surface area contributed by atoms with Gasteiger partial charge in [0, 0.05) is 0 Å². The fourth-order valence-corrected chi connectivity index (χ4v) is 1.57. The summed E-state index contributed by atoms with van der Waals surface area (Å²) in [6.45, 7) is 12.8. The summed E-state index contributed by atoms with van der Waals surface area (Å²) in [6, 6.07) is 0. The zero-order chi connectivity index (χ0) is 9.56. The lowest BCUT2D eigenvalue weighted by atomic mass is 9.98. The van der Waals surface area contributed by atoms with Crippen LogP contribution in [-0.4, -0.2) is 0 Å². The quantitative estimate of drug-likeness (QED) is 0.528. The van der Waals surface area contributed by atoms with Gasteiger partial charge < -0.3 is 0 Å². The van der Waals surface area contributed by atoms with E-state index in [1.165, 1.54) is 30.4 Å². The Morgan fingerprint density at radius 2 is 1.75 bits per heavy atom. The van der Waals surface area contributed by atoms with Gasteiger partial charge >= 0.3 is 0 Å². The lowest BCUT2D eigenvalue weighted by Crippen LogP contribution is -1.88. The van der Waals surface area contributed by atoms with Gasteiger partial charge in [0.1, 0.15) is 0 Å². The summed E-state index contributed by atoms with van der Waals surface area (Å²) in [5.74, 6) is 0. The van der Waals surface area contributed by atoms with Crippen LogP contribution in [-0.2, 0) is 0 Å². The third-order valence-electron chi connectivity index (χ3n) is 2.15. The lowest BCUT2D eigenvalue weighted by molar-refractivity contribution is 0.830. The van der Waals surface area contributed by atoms with Gasteiger partial charge in [-0.3, -0.25) is 0 Å². The maximum absolute atomic E-state index is 3.94. The average Bonchev–Trinajstić information content (AvgIpc) is 1.98. The molecule has 0 aromatic carbocycles. The molecule has 0 atom stereocenters. The van der Waals surface area contributed by atoms with Crippen LogP contribution in [0.4, 0.5) is 0 Å². The molecule has 0 amide bonds. The summed E-state index contributed by atoms with van der Waals surface area (Å²) in [5, 5.41) is 0. The van der Waals surface area contributed by atoms with Crippen molar-refractivity contribution in [3.05, 3.63) is 23.3 Å². The topological polar surface area (TPSA) is 0 Å². The van der Waals surface area contributed by atoms with Gasteiger partial charge in [0.15, 0.2) is 0 Å². The first-order valence-electron chi connectivity index (χ1n) is 4.93. The molecule has 0 bridgehead atoms. The summed E-state index contributed by atoms with van der Waals surface area (Å²) in [7, 11) is 0. The van der Waals surface area contributed by atoms with Crippen molar-refractivity contribution in [1.82, 2.24) is 0 Å². The van der Waals surface area contributed by atoms with Crippen LogP contribution in [0.3, 0.4) is 0 Å². The molecular weight excluding hydrogens is 144 g/mol. The number of hydrogen-bond acceptors (Lipinski definition) is 0. The second-order valence-corrected chi connectivity index (χ2v) is 3.62. The molecule has 0 aromatic heterocycles. The van der Waals surface area contributed by atoms with Gasteiger partial charge in [0.25, 0.3) is 0 Å². The van der Waals surface area contributed by atoms with Crippen molar-refractivity contribution in [2.75, 3.05) is 0 Å². The largest absolute Gasteiger partial charge is 0.0998 e. The van der Waals surface area contributed by atoms with E-state index in [9.17, 15) is 0 Å². The predicted octanol–water partition coefficient (Wildman–Crippen LogP) is 4.48. The van der Waals surface area contributed by atoms with E-state index in [1.807, 2.05) is 0 Å². The summed E-state index contributed by atoms with van der Waals surface area (Å²) in [6.07, 6.45) is 4.81. The Labute approximate surface area is 77.4 Å². The first-order valence-corrected chi connectivity index (χ1v) is 4.93. The Morgan fingerprint density at radius 3 is 2.08 bits per heavy atom. The van der Waals surface area contributed by atoms with E-state index >= 15 is 0 Å². The minimum absolute atomic E-state index is 1.09. The van der Waals surface area contributed by atoms with Crippen LogP contribution in [0, 0.1) is 0 Å². The summed E-state index contributed by atoms with van der Waals surface area (Å²) in [5.41, 5.74) is 4.43. The first-order chi connectivity index (χ1) is 5.61. The molecule has 0 N–H and O–H groups in total. The molecule has 70 valence electrons. The average molecular weight is 166 g/mol. The zero-order valence-corrected chi connectivity index (χ0v) is 9.04. The van der Waals surface area contributed by atoms with Crippen molar-refractivity contribution < 1.29 is 0 Å². The van der Waals surface area contributed by atoms with Crippen LogP contribution >= 0.6 is 0 Å². The van der Waals surface area contributed by atoms with Crippen LogP contribution in [0.1, 0.15) is 53.4 Å². The van der Waals surface area contributed by atoms with E-state index in [0.717, 1.165) is 6.42 Å². The van der Waals surface area contributed by atoms with Crippen molar-refractivity contribution in [3.63, 3.8) is 0 Å². The van der Waals surface area contributed by atoms with Crippen LogP contribution in [0.15, 0.2) is 23.3 Å². The van der Waals surface area contributed by atoms with Crippen LogP contribution < -0.4 is 0 Å². The molecule has 0 nitrogen and oxygen atoms in total. The fraction of sp³-hybridized carbons (Fsp3) is 0.667. The van der Waals surface area contributed by atoms with Crippen molar-refractivity contribution in [1.29, 1.82) is 0 Å². The van der Waals surface area contributed by atoms with E-state index in [2.05, 4.69) is 34.3 Å². The summed E-state index contributed by atoms with van der Waals surface area (Å²) in [4.78, 5) is 0. The standard InChI is InChI=1S/C12H22/c1-6-8-12(7-2)11(5)9-10(3)4/h3,6-9H2,1-2,4-5H3. The van der Waals surface area contributed by atoms with Crippen molar-refractivity contribution in [2.45, 2.75) is 53.4 Å². The van der Waals surface area contributed by atoms with Gasteiger partial charge in [-0.25, -0.2) is 0 Å². The monoisotopic (exact) mass is 166 g/mol. The van der Waals surface area contributed by atoms with Crippen molar-refractivity contribution in [3.8, 4) is 0 Å². The Hall–Kier alpha value is -0.520. The molecule has 12 heavy (non-hydrogen) atoms. The van der Waals surface area contributed by atoms with Crippen LogP contribution in [0.25, 0.3) is 0 Å². The van der Waals surface area contributed by atoms with E-state index < -0.39 is 0 Å². The minimum Gasteiger partial charge on any atom is -0.0998 e. The minimum atomic E-state index is 1.09. The van der Waals surface area contributed by atoms with Crippen molar-refractivity contribution >= 4 is 0 Å². The van der Waals surface area contributed by atoms with E-state index in [4.69, 9.17) is 0 Å². The van der Waals surface area contributed by atoms with Crippen LogP contribution in [0.5, 0.6) is 0 Å². The highest BCUT2D eigenvalue weighted by molar-refractivity contribution is 5.17. The Morgan fingerprint density at radius 1 is 1.17 bits per heavy atom. The highest BCUT2D eigenvalue weighted by atomic mass is 14.1. The smallest absolute Gasteiger partial charge is 0.0114 e. The molecule has 0 heterocycles. The number of allylic oxidation sites excluding steroid dienone is 3. The first kappa shape index (κ1) is 11.5. The molecule has 0 rings (SSSR count). The molecule has 0 aliphatic rings. The third-order valence-corrected chi connectivity index (χ3v) is 2.15. The molecule has 0 unspecified atom stereocenters. The van der Waals surface area contributed by atoms with Gasteiger partial charge in [-0.05, 0) is 33.1 Å². The van der Waals surface area contributed by atoms with E-state index in [0.29, 0.717) is 0 Å². The molecule has 0 aromatic rings. The summed E-state index contributed by atoms with van der Waals surface area (Å²) >= 11 is 0. The Balaban J connectivity index is 4.26. The molecule has 0 saturated heterocycles. The molecule has 0 aliphatic carbocycles. The molecule has 0 heteroatoms. The van der Waals surface area contributed by atoms with E-state index in [1.54, 1.807) is 5.57 Å². The Bertz CT molecular complexity index is 172. The Kier molecular flexibility index (Phi) is 5.79. The van der Waals surface area contributed by atoms with Gasteiger partial charge in [-0.15, -0.1) is 0 Å². The van der Waals surface area contributed by atoms with E-state index in [-0.39, 0.29) is 0 Å². The second-order valence-electron chi connectivity index (χ2n) is 3.62. The molecule has 0 spiro atoms. The van der Waals surface area contributed by atoms with Gasteiger partial charge in [-0.2, -0.15) is 0 Å². The van der Waals surface area contributed by atoms with Crippen LogP contribution in [0.2, 0.25) is 0 Å². The fourth-order valence-electron chi connectivity index (χ4n) is 1.57. The summed E-state index contributed by atoms with van der Waals surface area (Å²) < 4.78 is 0. The molecular formula is C12H22. The van der Waals surface area contributed by atoms with Gasteiger partial charge in [0.2, 0.25) is 0 Å². The molecule has 0 aliphatic heterocycles. The maximum atomic E-state index is 3.94. The number of rotatable bonds is 5. The maximum Gasteiger partial charge on any atom is -0.0114 e. The lowest BCUT2D eigenvalue weighted by Gasteiger charge is -2.09. The molecule has 0 radical (unpaired) electrons.